The number of nitrogens with one attached hydrogen (secondary N) is 1. The molecule has 1 saturated carbocycles. The van der Waals surface area contributed by atoms with Gasteiger partial charge in [-0.15, -0.1) is 0 Å². The molecule has 2 rings (SSSR count). The highest BCUT2D eigenvalue weighted by Gasteiger charge is 2.28. The van der Waals surface area contributed by atoms with Gasteiger partial charge in [0.05, 0.1) is 0 Å². The van der Waals surface area contributed by atoms with Crippen molar-refractivity contribution in [2.24, 2.45) is 11.8 Å². The number of benzene rings is 1. The van der Waals surface area contributed by atoms with E-state index < -0.39 is 0 Å². The zero-order valence-electron chi connectivity index (χ0n) is 13.3. The molecule has 3 unspecified atom stereocenters. The smallest absolute Gasteiger partial charge is 0.0230 e. The van der Waals surface area contributed by atoms with Gasteiger partial charge < -0.3 is 10.2 Å². The van der Waals surface area contributed by atoms with Crippen molar-refractivity contribution in [3.8, 4) is 0 Å². The standard InChI is InChI=1S/C18H30N2/c1-4-19-18-11-10-15(2)12-17(18)14-20(3)13-16-8-6-5-7-9-16/h5-9,15,17-19H,4,10-14H2,1-3H3. The van der Waals surface area contributed by atoms with E-state index in [2.05, 4.69) is 61.4 Å². The highest BCUT2D eigenvalue weighted by molar-refractivity contribution is 5.14. The van der Waals surface area contributed by atoms with Crippen molar-refractivity contribution in [2.75, 3.05) is 20.1 Å². The molecule has 2 heteroatoms. The van der Waals surface area contributed by atoms with Crippen LogP contribution in [0.5, 0.6) is 0 Å². The topological polar surface area (TPSA) is 15.3 Å². The lowest BCUT2D eigenvalue weighted by atomic mass is 9.78. The third kappa shape index (κ3) is 4.60. The van der Waals surface area contributed by atoms with Gasteiger partial charge in [0, 0.05) is 19.1 Å². The zero-order valence-corrected chi connectivity index (χ0v) is 13.3. The van der Waals surface area contributed by atoms with E-state index in [9.17, 15) is 0 Å². The van der Waals surface area contributed by atoms with Crippen molar-refractivity contribution >= 4 is 0 Å². The van der Waals surface area contributed by atoms with E-state index in [0.717, 1.165) is 31.0 Å². The van der Waals surface area contributed by atoms with Crippen LogP contribution in [0.1, 0.15) is 38.7 Å². The van der Waals surface area contributed by atoms with Crippen LogP contribution in [0.4, 0.5) is 0 Å². The molecule has 0 bridgehead atoms. The van der Waals surface area contributed by atoms with Crippen LogP contribution >= 0.6 is 0 Å². The molecule has 0 aromatic heterocycles. The molecule has 1 fully saturated rings. The van der Waals surface area contributed by atoms with Crippen molar-refractivity contribution in [2.45, 2.75) is 45.7 Å². The van der Waals surface area contributed by atoms with E-state index >= 15 is 0 Å². The molecule has 112 valence electrons. The number of hydrogen-bond acceptors (Lipinski definition) is 2. The molecule has 0 heterocycles. The highest BCUT2D eigenvalue weighted by atomic mass is 15.1. The first kappa shape index (κ1) is 15.5. The van der Waals surface area contributed by atoms with Gasteiger partial charge in [0.15, 0.2) is 0 Å². The minimum absolute atomic E-state index is 0.717. The number of nitrogens with zero attached hydrogens (tertiary/aromatic N) is 1. The first-order valence-corrected chi connectivity index (χ1v) is 8.15. The van der Waals surface area contributed by atoms with E-state index in [1.807, 2.05) is 0 Å². The SMILES string of the molecule is CCNC1CCC(C)CC1CN(C)Cc1ccccc1. The molecule has 1 N–H and O–H groups in total. The van der Waals surface area contributed by atoms with Crippen molar-refractivity contribution in [3.63, 3.8) is 0 Å². The molecular formula is C18H30N2. The maximum atomic E-state index is 3.70. The molecule has 1 aliphatic rings. The monoisotopic (exact) mass is 274 g/mol. The third-order valence-electron chi connectivity index (χ3n) is 4.55. The Morgan fingerprint density at radius 2 is 1.95 bits per heavy atom. The van der Waals surface area contributed by atoms with Crippen LogP contribution in [0.2, 0.25) is 0 Å². The predicted octanol–water partition coefficient (Wildman–Crippen LogP) is 3.53. The minimum Gasteiger partial charge on any atom is -0.314 e. The van der Waals surface area contributed by atoms with Crippen LogP contribution in [0.3, 0.4) is 0 Å². The lowest BCUT2D eigenvalue weighted by Crippen LogP contribution is -2.44. The molecule has 3 atom stereocenters. The fraction of sp³-hybridized carbons (Fsp3) is 0.667. The second-order valence-corrected chi connectivity index (χ2v) is 6.52. The minimum atomic E-state index is 0.717. The summed E-state index contributed by atoms with van der Waals surface area (Å²) in [6, 6.07) is 11.5. The third-order valence-corrected chi connectivity index (χ3v) is 4.55. The quantitative estimate of drug-likeness (QED) is 0.853. The van der Waals surface area contributed by atoms with E-state index in [-0.39, 0.29) is 0 Å². The molecule has 2 nitrogen and oxygen atoms in total. The van der Waals surface area contributed by atoms with Gasteiger partial charge in [-0.1, -0.05) is 44.2 Å². The zero-order chi connectivity index (χ0) is 14.4. The molecule has 1 aromatic carbocycles. The van der Waals surface area contributed by atoms with Crippen LogP contribution < -0.4 is 5.32 Å². The largest absolute Gasteiger partial charge is 0.314 e. The predicted molar refractivity (Wildman–Crippen MR) is 86.7 cm³/mol. The molecule has 20 heavy (non-hydrogen) atoms. The van der Waals surface area contributed by atoms with Gasteiger partial charge in [-0.2, -0.15) is 0 Å². The normalized spacial score (nSPS) is 26.9. The Balaban J connectivity index is 1.88. The maximum Gasteiger partial charge on any atom is 0.0230 e. The van der Waals surface area contributed by atoms with Gasteiger partial charge in [-0.3, -0.25) is 0 Å². The Kier molecular flexibility index (Phi) is 6.06. The Bertz CT molecular complexity index is 376. The molecule has 0 amide bonds. The molecule has 1 aliphatic carbocycles. The van der Waals surface area contributed by atoms with Crippen LogP contribution in [0.25, 0.3) is 0 Å². The summed E-state index contributed by atoms with van der Waals surface area (Å²) >= 11 is 0. The van der Waals surface area contributed by atoms with Gasteiger partial charge in [-0.25, -0.2) is 0 Å². The fourth-order valence-corrected chi connectivity index (χ4v) is 3.59. The molecule has 1 aromatic rings. The lowest BCUT2D eigenvalue weighted by Gasteiger charge is -2.37. The van der Waals surface area contributed by atoms with Crippen LogP contribution in [0, 0.1) is 11.8 Å². The summed E-state index contributed by atoms with van der Waals surface area (Å²) in [7, 11) is 2.26. The van der Waals surface area contributed by atoms with E-state index in [0.29, 0.717) is 0 Å². The van der Waals surface area contributed by atoms with Crippen LogP contribution in [0.15, 0.2) is 30.3 Å². The van der Waals surface area contributed by atoms with Gasteiger partial charge >= 0.3 is 0 Å². The summed E-state index contributed by atoms with van der Waals surface area (Å²) in [6.45, 7) is 7.99. The van der Waals surface area contributed by atoms with Crippen molar-refractivity contribution in [1.29, 1.82) is 0 Å². The summed E-state index contributed by atoms with van der Waals surface area (Å²) in [5, 5.41) is 3.70. The van der Waals surface area contributed by atoms with Gasteiger partial charge in [0.2, 0.25) is 0 Å². The Labute approximate surface area is 124 Å². The van der Waals surface area contributed by atoms with Gasteiger partial charge in [0.25, 0.3) is 0 Å². The summed E-state index contributed by atoms with van der Waals surface area (Å²) < 4.78 is 0. The Morgan fingerprint density at radius 1 is 1.20 bits per heavy atom. The van der Waals surface area contributed by atoms with Gasteiger partial charge in [0.1, 0.15) is 0 Å². The van der Waals surface area contributed by atoms with Crippen molar-refractivity contribution in [1.82, 2.24) is 10.2 Å². The average molecular weight is 274 g/mol. The highest BCUT2D eigenvalue weighted by Crippen LogP contribution is 2.29. The second kappa shape index (κ2) is 7.80. The van der Waals surface area contributed by atoms with E-state index in [1.165, 1.54) is 31.4 Å². The maximum absolute atomic E-state index is 3.70. The van der Waals surface area contributed by atoms with Crippen LogP contribution in [-0.2, 0) is 6.54 Å². The first-order valence-electron chi connectivity index (χ1n) is 8.15. The molecule has 0 spiro atoms. The van der Waals surface area contributed by atoms with E-state index in [1.54, 1.807) is 0 Å². The fourth-order valence-electron chi connectivity index (χ4n) is 3.59. The molecule has 0 saturated heterocycles. The molecule has 0 aliphatic heterocycles. The number of rotatable bonds is 6. The van der Waals surface area contributed by atoms with Crippen LogP contribution in [-0.4, -0.2) is 31.1 Å². The van der Waals surface area contributed by atoms with Crippen molar-refractivity contribution < 1.29 is 0 Å². The average Bonchev–Trinajstić information content (AvgIpc) is 2.43. The molecule has 0 radical (unpaired) electrons. The van der Waals surface area contributed by atoms with E-state index in [4.69, 9.17) is 0 Å². The Morgan fingerprint density at radius 3 is 2.65 bits per heavy atom. The second-order valence-electron chi connectivity index (χ2n) is 6.52. The summed E-state index contributed by atoms with van der Waals surface area (Å²) in [4.78, 5) is 2.49. The van der Waals surface area contributed by atoms with Crippen molar-refractivity contribution in [3.05, 3.63) is 35.9 Å². The first-order chi connectivity index (χ1) is 9.69. The summed E-state index contributed by atoms with van der Waals surface area (Å²) in [6.07, 6.45) is 4.10. The van der Waals surface area contributed by atoms with Gasteiger partial charge in [-0.05, 0) is 50.3 Å². The lowest BCUT2D eigenvalue weighted by molar-refractivity contribution is 0.158. The number of hydrogen-bond donors (Lipinski definition) is 1. The summed E-state index contributed by atoms with van der Waals surface area (Å²) in [5.74, 6) is 1.69. The summed E-state index contributed by atoms with van der Waals surface area (Å²) in [5.41, 5.74) is 1.42. The molecular weight excluding hydrogens is 244 g/mol. The Hall–Kier alpha value is -0.860.